The molecule has 12 N–H and O–H groups in total. The monoisotopic (exact) mass is 1080 g/mol. The normalized spacial score (nSPS) is 13.7. The molecule has 73 heavy (non-hydrogen) atoms. The van der Waals surface area contributed by atoms with Gasteiger partial charge in [-0.3, -0.25) is 47.9 Å². The van der Waals surface area contributed by atoms with Gasteiger partial charge in [-0.05, 0) is 49.0 Å². The number of carboxylic acid groups (broad SMARTS) is 4. The predicted octanol–water partition coefficient (Wildman–Crippen LogP) is 0.954. The van der Waals surface area contributed by atoms with Gasteiger partial charge in [-0.1, -0.05) is 89.2 Å². The number of amides is 4. The number of carbonyl (C=O) groups excluding carboxylic acids is 7. The number of rotatable bonds is 38. The Labute approximate surface area is 434 Å². The van der Waals surface area contributed by atoms with Crippen LogP contribution in [0.5, 0.6) is 0 Å². The quantitative estimate of drug-likeness (QED) is 0.0147. The lowest BCUT2D eigenvalue weighted by Crippen LogP contribution is -2.53. The first kappa shape index (κ1) is 62.5. The molecule has 0 heterocycles. The van der Waals surface area contributed by atoms with Gasteiger partial charge < -0.3 is 62.8 Å². The summed E-state index contributed by atoms with van der Waals surface area (Å²) in [5.41, 5.74) is 7.44. The number of ketones is 2. The number of carboxylic acids is 4. The molecule has 2 rings (SSSR count). The molecule has 0 fully saturated rings. The summed E-state index contributed by atoms with van der Waals surface area (Å²) in [7, 11) is 2.70. The third-order valence-electron chi connectivity index (χ3n) is 10.6. The minimum Gasteiger partial charge on any atom is -0.481 e. The number of hydrogen-bond donors (Lipinski definition) is 11. The Bertz CT molecular complexity index is 2190. The highest BCUT2D eigenvalue weighted by molar-refractivity contribution is 8.76. The van der Waals surface area contributed by atoms with Gasteiger partial charge in [-0.25, -0.2) is 4.79 Å². The largest absolute Gasteiger partial charge is 0.481 e. The molecule has 26 heteroatoms. The lowest BCUT2D eigenvalue weighted by atomic mass is 9.89. The van der Waals surface area contributed by atoms with E-state index in [0.717, 1.165) is 12.2 Å². The number of Topliss-reactive ketones (excluding diaryl/α,β-unsaturated/α-hetero) is 2. The minimum atomic E-state index is -1.61. The maximum Gasteiger partial charge on any atom is 0.326 e. The number of benzene rings is 2. The van der Waals surface area contributed by atoms with Gasteiger partial charge in [0.05, 0.1) is 30.8 Å². The fourth-order valence-corrected chi connectivity index (χ4v) is 9.42. The smallest absolute Gasteiger partial charge is 0.326 e. The number of hydrogen-bond acceptors (Lipinski definition) is 16. The van der Waals surface area contributed by atoms with E-state index in [1.165, 1.54) is 21.6 Å². The summed E-state index contributed by atoms with van der Waals surface area (Å²) in [5, 5.41) is 52.5. The summed E-state index contributed by atoms with van der Waals surface area (Å²) in [6.45, 7) is 1.29. The molecule has 7 atom stereocenters. The Morgan fingerprint density at radius 1 is 0.644 bits per heavy atom. The highest BCUT2D eigenvalue weighted by Gasteiger charge is 2.32. The number of nitrogens with two attached hydrogens (primary N) is 1. The van der Waals surface area contributed by atoms with Gasteiger partial charge in [0.15, 0.2) is 22.9 Å². The van der Waals surface area contributed by atoms with Crippen LogP contribution in [0.2, 0.25) is 0 Å². The summed E-state index contributed by atoms with van der Waals surface area (Å²) in [5.74, 6) is -11.0. The van der Waals surface area contributed by atoms with Crippen LogP contribution in [0.1, 0.15) is 75.8 Å². The molecule has 0 unspecified atom stereocenters. The Morgan fingerprint density at radius 3 is 1.84 bits per heavy atom. The van der Waals surface area contributed by atoms with Crippen molar-refractivity contribution in [3.8, 4) is 0 Å². The molecule has 0 aromatic heterocycles. The molecule has 0 spiro atoms. The molecule has 4 amide bonds. The fraction of sp³-hybridized carbons (Fsp3) is 0.489. The van der Waals surface area contributed by atoms with Crippen molar-refractivity contribution in [2.45, 2.75) is 108 Å². The zero-order chi connectivity index (χ0) is 54.3. The third kappa shape index (κ3) is 26.6. The first-order valence-electron chi connectivity index (χ1n) is 23.0. The molecule has 0 radical (unpaired) electrons. The van der Waals surface area contributed by atoms with Crippen molar-refractivity contribution in [1.29, 1.82) is 0 Å². The molecule has 0 saturated carbocycles. The average molecular weight is 1080 g/mol. The van der Waals surface area contributed by atoms with Crippen LogP contribution in [-0.4, -0.2) is 146 Å². The Balaban J connectivity index is 2.12. The van der Waals surface area contributed by atoms with Crippen LogP contribution in [0.15, 0.2) is 60.7 Å². The molecular weight excluding hydrogens is 1010 g/mol. The summed E-state index contributed by atoms with van der Waals surface area (Å²) in [6, 6.07) is 11.7. The van der Waals surface area contributed by atoms with E-state index in [9.17, 15) is 68.1 Å². The molecule has 0 aliphatic carbocycles. The number of nitrogens with one attached hydrogen (secondary N) is 6. The third-order valence-corrected chi connectivity index (χ3v) is 13.5. The standard InChI is InChI=1S/C47H63N7O16S3/c1-2-19-72-73-26-31(45(66)67)23-37(57)35(24-42(62)63)52-44(65)32(48)25-50-43(64)30(20-28-9-5-3-6-10-28)22-36(56)34(21-29-11-7-4-8-12-29)51-39(59)17-18-49-38(58)14-13-33(46(68)69)53-47(71)54-40(70-27-55)15-16-41(60)61/h3-12,27,30-35,40H,2,13-26,48H2,1H3,(H,49,58)(H,50,64)(H,51,59)(H,52,65)(H,60,61)(H,62,63)(H,66,67)(H,68,69)(H2,53,54,71)/t30-,31-,32+,33+,34+,35+,40-/m1/s1. The maximum absolute atomic E-state index is 14.1. The summed E-state index contributed by atoms with van der Waals surface area (Å²) in [4.78, 5) is 137. The van der Waals surface area contributed by atoms with Crippen LogP contribution in [-0.2, 0) is 70.3 Å². The van der Waals surface area contributed by atoms with Crippen molar-refractivity contribution in [2.24, 2.45) is 17.6 Å². The molecule has 0 aliphatic rings. The van der Waals surface area contributed by atoms with Gasteiger partial charge in [-0.2, -0.15) is 0 Å². The van der Waals surface area contributed by atoms with E-state index in [1.54, 1.807) is 60.7 Å². The van der Waals surface area contributed by atoms with Crippen molar-refractivity contribution < 1.29 is 77.9 Å². The molecule has 2 aromatic rings. The molecule has 0 aliphatic heterocycles. The van der Waals surface area contributed by atoms with E-state index in [0.29, 0.717) is 11.1 Å². The van der Waals surface area contributed by atoms with E-state index in [2.05, 4.69) is 31.9 Å². The highest BCUT2D eigenvalue weighted by Crippen LogP contribution is 2.26. The van der Waals surface area contributed by atoms with Crippen LogP contribution < -0.4 is 37.6 Å². The van der Waals surface area contributed by atoms with Gasteiger partial charge >= 0.3 is 23.9 Å². The van der Waals surface area contributed by atoms with E-state index >= 15 is 0 Å². The minimum absolute atomic E-state index is 0.0183. The first-order chi connectivity index (χ1) is 34.7. The van der Waals surface area contributed by atoms with Gasteiger partial charge in [0.1, 0.15) is 12.1 Å². The second-order valence-corrected chi connectivity index (χ2v) is 19.5. The van der Waals surface area contributed by atoms with Gasteiger partial charge in [0.25, 0.3) is 6.47 Å². The summed E-state index contributed by atoms with van der Waals surface area (Å²) < 4.78 is 4.74. The van der Waals surface area contributed by atoms with Crippen LogP contribution in [0.4, 0.5) is 0 Å². The predicted molar refractivity (Wildman–Crippen MR) is 271 cm³/mol. The molecule has 0 bridgehead atoms. The van der Waals surface area contributed by atoms with E-state index < -0.39 is 127 Å². The van der Waals surface area contributed by atoms with Crippen LogP contribution in [0.25, 0.3) is 0 Å². The number of carbonyl (C=O) groups is 11. The Hall–Kier alpha value is -6.64. The molecule has 0 saturated heterocycles. The van der Waals surface area contributed by atoms with Crippen molar-refractivity contribution >= 4 is 104 Å². The number of aliphatic carboxylic acids is 4. The Kier molecular flexibility index (Phi) is 29.7. The summed E-state index contributed by atoms with van der Waals surface area (Å²) >= 11 is 5.07. The second-order valence-electron chi connectivity index (χ2n) is 16.5. The van der Waals surface area contributed by atoms with Crippen molar-refractivity contribution in [3.05, 3.63) is 71.8 Å². The highest BCUT2D eigenvalue weighted by atomic mass is 33.1. The van der Waals surface area contributed by atoms with Crippen molar-refractivity contribution in [2.75, 3.05) is 24.6 Å². The zero-order valence-corrected chi connectivity index (χ0v) is 42.4. The topological polar surface area (TPSA) is 376 Å². The second kappa shape index (κ2) is 34.7. The number of ether oxygens (including phenoxy) is 1. The number of thiocarbonyl (C=S) groups is 1. The zero-order valence-electron chi connectivity index (χ0n) is 40.0. The molecule has 23 nitrogen and oxygen atoms in total. The molecule has 400 valence electrons. The van der Waals surface area contributed by atoms with Crippen LogP contribution >= 0.6 is 33.8 Å². The van der Waals surface area contributed by atoms with Gasteiger partial charge in [0.2, 0.25) is 23.6 Å². The van der Waals surface area contributed by atoms with Crippen LogP contribution in [0.3, 0.4) is 0 Å². The van der Waals surface area contributed by atoms with Crippen LogP contribution in [0, 0.1) is 11.8 Å². The molecular formula is C47H63N7O16S3. The lowest BCUT2D eigenvalue weighted by molar-refractivity contribution is -0.144. The first-order valence-corrected chi connectivity index (χ1v) is 25.9. The Morgan fingerprint density at radius 2 is 1.26 bits per heavy atom. The van der Waals surface area contributed by atoms with Gasteiger partial charge in [0, 0.05) is 62.6 Å². The SMILES string of the molecule is CCCSSC[C@@H](CC(=O)[C@H](CC(=O)O)NC(=O)[C@@H](N)CNC(=O)[C@@H](CC(=O)[C@H](Cc1ccccc1)NC(=O)CCNC(=O)CC[C@H](NC(=S)N[C@@H](CCC(=O)O)OC=O)C(=O)O)Cc1ccccc1)C(=O)O. The van der Waals surface area contributed by atoms with E-state index in [4.69, 9.17) is 27.8 Å². The van der Waals surface area contributed by atoms with Gasteiger partial charge in [-0.15, -0.1) is 0 Å². The summed E-state index contributed by atoms with van der Waals surface area (Å²) in [6.07, 6.45) is -3.56. The van der Waals surface area contributed by atoms with Crippen molar-refractivity contribution in [1.82, 2.24) is 31.9 Å². The lowest BCUT2D eigenvalue weighted by Gasteiger charge is -2.23. The maximum atomic E-state index is 14.1. The van der Waals surface area contributed by atoms with Crippen molar-refractivity contribution in [3.63, 3.8) is 0 Å². The van der Waals surface area contributed by atoms with E-state index in [1.807, 2.05) is 6.92 Å². The van der Waals surface area contributed by atoms with E-state index in [-0.39, 0.29) is 68.8 Å². The average Bonchev–Trinajstić information content (AvgIpc) is 3.34. The fourth-order valence-electron chi connectivity index (χ4n) is 6.70. The molecule has 2 aromatic carbocycles.